The molecule has 0 aliphatic rings. The van der Waals surface area contributed by atoms with E-state index in [1.807, 2.05) is 37.6 Å². The van der Waals surface area contributed by atoms with Gasteiger partial charge in [-0.05, 0) is 48.5 Å². The van der Waals surface area contributed by atoms with Crippen molar-refractivity contribution in [3.8, 4) is 11.4 Å². The van der Waals surface area contributed by atoms with Gasteiger partial charge in [0.15, 0.2) is 16.8 Å². The number of aromatic nitrogens is 3. The van der Waals surface area contributed by atoms with Gasteiger partial charge in [-0.15, -0.1) is 10.2 Å². The van der Waals surface area contributed by atoms with Crippen LogP contribution in [0, 0.1) is 5.92 Å². The summed E-state index contributed by atoms with van der Waals surface area (Å²) in [6, 6.07) is 14.3. The molecule has 29 heavy (non-hydrogen) atoms. The van der Waals surface area contributed by atoms with Crippen LogP contribution < -0.4 is 5.32 Å². The maximum Gasteiger partial charge on any atom is 0.226 e. The summed E-state index contributed by atoms with van der Waals surface area (Å²) in [7, 11) is 1.86. The van der Waals surface area contributed by atoms with Gasteiger partial charge >= 0.3 is 0 Å². The molecule has 3 aromatic rings. The van der Waals surface area contributed by atoms with Crippen molar-refractivity contribution in [2.24, 2.45) is 13.0 Å². The van der Waals surface area contributed by atoms with Gasteiger partial charge in [-0.2, -0.15) is 0 Å². The first kappa shape index (κ1) is 21.1. The van der Waals surface area contributed by atoms with Crippen molar-refractivity contribution in [1.82, 2.24) is 14.8 Å². The van der Waals surface area contributed by atoms with Crippen LogP contribution >= 0.6 is 23.4 Å². The number of ketones is 1. The highest BCUT2D eigenvalue weighted by Crippen LogP contribution is 2.24. The van der Waals surface area contributed by atoms with Crippen LogP contribution in [0.4, 0.5) is 5.69 Å². The number of carbonyl (C=O) groups is 2. The summed E-state index contributed by atoms with van der Waals surface area (Å²) in [5.74, 6) is 0.773. The molecule has 1 heterocycles. The minimum Gasteiger partial charge on any atom is -0.326 e. The second-order valence-corrected chi connectivity index (χ2v) is 8.18. The smallest absolute Gasteiger partial charge is 0.226 e. The van der Waals surface area contributed by atoms with E-state index < -0.39 is 0 Å². The van der Waals surface area contributed by atoms with Gasteiger partial charge in [0, 0.05) is 34.8 Å². The number of nitrogens with zero attached hydrogens (tertiary/aromatic N) is 3. The van der Waals surface area contributed by atoms with Crippen LogP contribution in [-0.4, -0.2) is 32.2 Å². The van der Waals surface area contributed by atoms with Crippen LogP contribution in [0.15, 0.2) is 53.7 Å². The number of anilines is 1. The Morgan fingerprint density at radius 2 is 1.72 bits per heavy atom. The summed E-state index contributed by atoms with van der Waals surface area (Å²) in [6.07, 6.45) is 0. The Bertz CT molecular complexity index is 1010. The molecule has 2 aromatic carbocycles. The molecule has 0 saturated carbocycles. The monoisotopic (exact) mass is 428 g/mol. The highest BCUT2D eigenvalue weighted by molar-refractivity contribution is 7.99. The summed E-state index contributed by atoms with van der Waals surface area (Å²) in [5, 5.41) is 12.5. The largest absolute Gasteiger partial charge is 0.326 e. The van der Waals surface area contributed by atoms with Gasteiger partial charge in [0.25, 0.3) is 0 Å². The van der Waals surface area contributed by atoms with Gasteiger partial charge in [0.2, 0.25) is 5.91 Å². The molecule has 3 rings (SSSR count). The Morgan fingerprint density at radius 3 is 2.34 bits per heavy atom. The topological polar surface area (TPSA) is 76.9 Å². The van der Waals surface area contributed by atoms with Crippen LogP contribution in [0.25, 0.3) is 11.4 Å². The Labute approximate surface area is 178 Å². The van der Waals surface area contributed by atoms with E-state index in [0.717, 1.165) is 5.56 Å². The van der Waals surface area contributed by atoms with Crippen LogP contribution in [0.2, 0.25) is 5.02 Å². The minimum absolute atomic E-state index is 0.0206. The number of hydrogen-bond donors (Lipinski definition) is 1. The van der Waals surface area contributed by atoms with E-state index in [-0.39, 0.29) is 23.4 Å². The first-order valence-electron chi connectivity index (χ1n) is 9.07. The van der Waals surface area contributed by atoms with Crippen molar-refractivity contribution < 1.29 is 9.59 Å². The number of halogens is 1. The molecule has 0 aliphatic heterocycles. The molecule has 0 fully saturated rings. The van der Waals surface area contributed by atoms with E-state index in [1.165, 1.54) is 11.8 Å². The minimum atomic E-state index is -0.100. The fourth-order valence-electron chi connectivity index (χ4n) is 2.53. The molecular formula is C21H21ClN4O2S. The maximum atomic E-state index is 12.5. The molecule has 1 N–H and O–H groups in total. The second-order valence-electron chi connectivity index (χ2n) is 6.81. The van der Waals surface area contributed by atoms with Crippen molar-refractivity contribution in [2.45, 2.75) is 19.0 Å². The summed E-state index contributed by atoms with van der Waals surface area (Å²) >= 11 is 7.26. The van der Waals surface area contributed by atoms with Gasteiger partial charge in [-0.25, -0.2) is 0 Å². The lowest BCUT2D eigenvalue weighted by Crippen LogP contribution is -2.17. The zero-order valence-electron chi connectivity index (χ0n) is 16.3. The second kappa shape index (κ2) is 9.24. The van der Waals surface area contributed by atoms with E-state index >= 15 is 0 Å². The fourth-order valence-corrected chi connectivity index (χ4v) is 3.46. The highest BCUT2D eigenvalue weighted by Gasteiger charge is 2.14. The maximum absolute atomic E-state index is 12.5. The lowest BCUT2D eigenvalue weighted by Gasteiger charge is -2.08. The molecule has 0 atom stereocenters. The van der Waals surface area contributed by atoms with Crippen molar-refractivity contribution in [3.05, 3.63) is 59.1 Å². The number of amides is 1. The quantitative estimate of drug-likeness (QED) is 0.435. The molecule has 1 amide bonds. The molecule has 150 valence electrons. The molecule has 0 unspecified atom stereocenters. The number of benzene rings is 2. The Balaban J connectivity index is 1.62. The standard InChI is InChI=1S/C21H21ClN4O2S/c1-13(2)20(28)23-17-10-6-14(7-11-17)18(27)12-29-21-25-24-19(26(21)3)15-4-8-16(22)9-5-15/h4-11,13H,12H2,1-3H3,(H,23,28). The molecule has 8 heteroatoms. The van der Waals surface area contributed by atoms with Crippen LogP contribution in [0.1, 0.15) is 24.2 Å². The van der Waals surface area contributed by atoms with Gasteiger partial charge in [-0.1, -0.05) is 37.2 Å². The van der Waals surface area contributed by atoms with Crippen molar-refractivity contribution in [2.75, 3.05) is 11.1 Å². The zero-order chi connectivity index (χ0) is 21.0. The van der Waals surface area contributed by atoms with Crippen molar-refractivity contribution in [3.63, 3.8) is 0 Å². The number of carbonyl (C=O) groups excluding carboxylic acids is 2. The van der Waals surface area contributed by atoms with Gasteiger partial charge in [0.05, 0.1) is 5.75 Å². The van der Waals surface area contributed by atoms with E-state index in [4.69, 9.17) is 11.6 Å². The van der Waals surface area contributed by atoms with Crippen LogP contribution in [-0.2, 0) is 11.8 Å². The summed E-state index contributed by atoms with van der Waals surface area (Å²) in [5.41, 5.74) is 2.16. The van der Waals surface area contributed by atoms with Crippen molar-refractivity contribution >= 4 is 40.7 Å². The van der Waals surface area contributed by atoms with Gasteiger partial charge in [0.1, 0.15) is 0 Å². The SMILES string of the molecule is CC(C)C(=O)Nc1ccc(C(=O)CSc2nnc(-c3ccc(Cl)cc3)n2C)cc1. The summed E-state index contributed by atoms with van der Waals surface area (Å²) < 4.78 is 1.85. The predicted octanol–water partition coefficient (Wildman–Crippen LogP) is 4.71. The van der Waals surface area contributed by atoms with E-state index in [2.05, 4.69) is 15.5 Å². The molecule has 1 aromatic heterocycles. The lowest BCUT2D eigenvalue weighted by atomic mass is 10.1. The molecule has 6 nitrogen and oxygen atoms in total. The van der Waals surface area contributed by atoms with E-state index in [1.54, 1.807) is 36.4 Å². The number of Topliss-reactive ketones (excluding diaryl/α,β-unsaturated/α-hetero) is 1. The van der Waals surface area contributed by atoms with Crippen LogP contribution in [0.3, 0.4) is 0 Å². The number of thioether (sulfide) groups is 1. The average Bonchev–Trinajstić information content (AvgIpc) is 3.07. The fraction of sp³-hybridized carbons (Fsp3) is 0.238. The molecular weight excluding hydrogens is 408 g/mol. The molecule has 0 bridgehead atoms. The summed E-state index contributed by atoms with van der Waals surface area (Å²) in [4.78, 5) is 24.2. The lowest BCUT2D eigenvalue weighted by molar-refractivity contribution is -0.118. The Morgan fingerprint density at radius 1 is 1.07 bits per heavy atom. The molecule has 0 aliphatic carbocycles. The Hall–Kier alpha value is -2.64. The van der Waals surface area contributed by atoms with E-state index in [0.29, 0.717) is 27.3 Å². The normalized spacial score (nSPS) is 10.9. The zero-order valence-corrected chi connectivity index (χ0v) is 17.9. The number of nitrogens with one attached hydrogen (secondary N) is 1. The molecule has 0 saturated heterocycles. The third-order valence-corrected chi connectivity index (χ3v) is 5.54. The average molecular weight is 429 g/mol. The summed E-state index contributed by atoms with van der Waals surface area (Å²) in [6.45, 7) is 3.66. The number of rotatable bonds is 7. The van der Waals surface area contributed by atoms with Gasteiger partial charge in [-0.3, -0.25) is 9.59 Å². The third-order valence-electron chi connectivity index (χ3n) is 4.27. The Kier molecular flexibility index (Phi) is 6.71. The van der Waals surface area contributed by atoms with Crippen molar-refractivity contribution in [1.29, 1.82) is 0 Å². The predicted molar refractivity (Wildman–Crippen MR) is 116 cm³/mol. The van der Waals surface area contributed by atoms with Gasteiger partial charge < -0.3 is 9.88 Å². The molecule has 0 spiro atoms. The third kappa shape index (κ3) is 5.25. The number of hydrogen-bond acceptors (Lipinski definition) is 5. The molecule has 0 radical (unpaired) electrons. The first-order chi connectivity index (χ1) is 13.8. The highest BCUT2D eigenvalue weighted by atomic mass is 35.5. The van der Waals surface area contributed by atoms with Crippen LogP contribution in [0.5, 0.6) is 0 Å². The van der Waals surface area contributed by atoms with E-state index in [9.17, 15) is 9.59 Å². The first-order valence-corrected chi connectivity index (χ1v) is 10.4.